The number of carboxylic acid groups (broad SMARTS) is 2. The molecule has 5 heteroatoms. The van der Waals surface area contributed by atoms with Crippen LogP contribution in [-0.4, -0.2) is 27.9 Å². The summed E-state index contributed by atoms with van der Waals surface area (Å²) in [6.45, 7) is 0. The first kappa shape index (κ1) is 12.6. The van der Waals surface area contributed by atoms with Gasteiger partial charge in [-0.2, -0.15) is 11.8 Å². The van der Waals surface area contributed by atoms with E-state index in [1.807, 2.05) is 0 Å². The van der Waals surface area contributed by atoms with Gasteiger partial charge in [-0.25, -0.2) is 4.79 Å². The monoisotopic (exact) mass is 240 g/mol. The predicted molar refractivity (Wildman–Crippen MR) is 61.8 cm³/mol. The number of hydrogen-bond acceptors (Lipinski definition) is 3. The Bertz CT molecular complexity index is 389. The molecule has 0 saturated heterocycles. The van der Waals surface area contributed by atoms with Crippen LogP contribution in [0.2, 0.25) is 0 Å². The van der Waals surface area contributed by atoms with Crippen molar-refractivity contribution in [3.8, 4) is 0 Å². The van der Waals surface area contributed by atoms with Crippen molar-refractivity contribution in [3.63, 3.8) is 0 Å². The first-order valence-corrected chi connectivity index (χ1v) is 5.87. The molecule has 2 N–H and O–H groups in total. The molecule has 0 amide bonds. The normalized spacial score (nSPS) is 10.0. The van der Waals surface area contributed by atoms with E-state index in [9.17, 15) is 9.59 Å². The number of hydrogen-bond donors (Lipinski definition) is 2. The van der Waals surface area contributed by atoms with Gasteiger partial charge in [-0.3, -0.25) is 4.79 Å². The smallest absolute Gasteiger partial charge is 0.335 e. The van der Waals surface area contributed by atoms with E-state index >= 15 is 0 Å². The van der Waals surface area contributed by atoms with Crippen LogP contribution in [0.5, 0.6) is 0 Å². The minimum Gasteiger partial charge on any atom is -0.481 e. The molecule has 86 valence electrons. The van der Waals surface area contributed by atoms with Crippen LogP contribution in [0.1, 0.15) is 22.3 Å². The van der Waals surface area contributed by atoms with Crippen molar-refractivity contribution >= 4 is 23.7 Å². The van der Waals surface area contributed by atoms with Gasteiger partial charge < -0.3 is 10.2 Å². The molecular weight excluding hydrogens is 228 g/mol. The molecule has 1 aromatic carbocycles. The molecule has 4 nitrogen and oxygen atoms in total. The number of benzene rings is 1. The summed E-state index contributed by atoms with van der Waals surface area (Å²) >= 11 is 1.42. The van der Waals surface area contributed by atoms with Gasteiger partial charge >= 0.3 is 11.9 Å². The average molecular weight is 240 g/mol. The van der Waals surface area contributed by atoms with Crippen LogP contribution in [0.3, 0.4) is 0 Å². The van der Waals surface area contributed by atoms with Crippen LogP contribution >= 0.6 is 11.8 Å². The molecule has 0 aliphatic heterocycles. The van der Waals surface area contributed by atoms with Crippen LogP contribution in [0, 0.1) is 0 Å². The zero-order valence-electron chi connectivity index (χ0n) is 8.55. The molecule has 0 bridgehead atoms. The van der Waals surface area contributed by atoms with Crippen LogP contribution < -0.4 is 0 Å². The van der Waals surface area contributed by atoms with Gasteiger partial charge in [0.15, 0.2) is 0 Å². The van der Waals surface area contributed by atoms with Crippen molar-refractivity contribution in [2.24, 2.45) is 0 Å². The van der Waals surface area contributed by atoms with E-state index in [0.29, 0.717) is 11.5 Å². The molecule has 0 unspecified atom stereocenters. The quantitative estimate of drug-likeness (QED) is 0.745. The highest BCUT2D eigenvalue weighted by atomic mass is 32.2. The minimum absolute atomic E-state index is 0.0971. The first-order valence-electron chi connectivity index (χ1n) is 4.72. The fourth-order valence-electron chi connectivity index (χ4n) is 1.20. The molecule has 0 spiro atoms. The van der Waals surface area contributed by atoms with E-state index < -0.39 is 11.9 Å². The summed E-state index contributed by atoms with van der Waals surface area (Å²) in [7, 11) is 0. The van der Waals surface area contributed by atoms with Crippen LogP contribution in [0.25, 0.3) is 0 Å². The van der Waals surface area contributed by atoms with Crippen molar-refractivity contribution < 1.29 is 19.8 Å². The summed E-state index contributed by atoms with van der Waals surface area (Å²) < 4.78 is 0. The van der Waals surface area contributed by atoms with Crippen molar-refractivity contribution in [3.05, 3.63) is 35.4 Å². The third-order valence-corrected chi connectivity index (χ3v) is 2.97. The molecule has 0 fully saturated rings. The lowest BCUT2D eigenvalue weighted by atomic mass is 10.1. The molecule has 0 saturated carbocycles. The Hall–Kier alpha value is -1.49. The van der Waals surface area contributed by atoms with Crippen molar-refractivity contribution in [1.82, 2.24) is 0 Å². The number of carboxylic acids is 2. The lowest BCUT2D eigenvalue weighted by molar-refractivity contribution is -0.136. The first-order chi connectivity index (χ1) is 7.61. The van der Waals surface area contributed by atoms with Crippen molar-refractivity contribution in [1.29, 1.82) is 0 Å². The summed E-state index contributed by atoms with van der Waals surface area (Å²) in [6, 6.07) is 6.75. The fraction of sp³-hybridized carbons (Fsp3) is 0.273. The fourth-order valence-corrected chi connectivity index (χ4v) is 2.13. The van der Waals surface area contributed by atoms with Gasteiger partial charge in [-0.1, -0.05) is 18.2 Å². The Morgan fingerprint density at radius 1 is 1.19 bits per heavy atom. The second-order valence-electron chi connectivity index (χ2n) is 3.16. The molecule has 0 aromatic heterocycles. The largest absolute Gasteiger partial charge is 0.481 e. The topological polar surface area (TPSA) is 74.6 Å². The van der Waals surface area contributed by atoms with Gasteiger partial charge in [-0.15, -0.1) is 0 Å². The lowest BCUT2D eigenvalue weighted by Crippen LogP contribution is -2.02. The maximum Gasteiger partial charge on any atom is 0.335 e. The number of rotatable bonds is 6. The van der Waals surface area contributed by atoms with Crippen molar-refractivity contribution in [2.45, 2.75) is 12.2 Å². The summed E-state index contributed by atoms with van der Waals surface area (Å²) in [5.74, 6) is -0.771. The van der Waals surface area contributed by atoms with Gasteiger partial charge in [0.2, 0.25) is 0 Å². The third kappa shape index (κ3) is 3.94. The Balaban J connectivity index is 2.53. The summed E-state index contributed by atoms with van der Waals surface area (Å²) in [5.41, 5.74) is 1.01. The van der Waals surface area contributed by atoms with Gasteiger partial charge in [-0.05, 0) is 11.6 Å². The third-order valence-electron chi connectivity index (χ3n) is 1.97. The molecule has 1 rings (SSSR count). The Morgan fingerprint density at radius 3 is 2.50 bits per heavy atom. The average Bonchev–Trinajstić information content (AvgIpc) is 2.24. The van der Waals surface area contributed by atoms with Gasteiger partial charge in [0.1, 0.15) is 0 Å². The van der Waals surface area contributed by atoms with E-state index in [1.165, 1.54) is 11.8 Å². The number of aromatic carboxylic acids is 1. The molecule has 0 aliphatic rings. The molecular formula is C11H12O4S. The standard InChI is InChI=1S/C11H12O4S/c12-10(13)5-6-16-7-8-3-1-2-4-9(8)11(14)15/h1-4H,5-7H2,(H,12,13)(H,14,15). The maximum absolute atomic E-state index is 10.9. The summed E-state index contributed by atoms with van der Waals surface area (Å²) in [6.07, 6.45) is 0.0971. The lowest BCUT2D eigenvalue weighted by Gasteiger charge is -2.04. The number of thioether (sulfide) groups is 1. The maximum atomic E-state index is 10.9. The summed E-state index contributed by atoms with van der Waals surface area (Å²) in [4.78, 5) is 21.1. The van der Waals surface area contributed by atoms with E-state index in [0.717, 1.165) is 5.56 Å². The highest BCUT2D eigenvalue weighted by Crippen LogP contribution is 2.17. The number of carbonyl (C=O) groups is 2. The predicted octanol–water partition coefficient (Wildman–Crippen LogP) is 2.09. The zero-order chi connectivity index (χ0) is 12.0. The van der Waals surface area contributed by atoms with E-state index in [-0.39, 0.29) is 12.0 Å². The SMILES string of the molecule is O=C(O)CCSCc1ccccc1C(=O)O. The molecule has 1 aromatic rings. The highest BCUT2D eigenvalue weighted by molar-refractivity contribution is 7.98. The Kier molecular flexibility index (Phi) is 4.85. The molecule has 0 aliphatic carbocycles. The van der Waals surface area contributed by atoms with Crippen molar-refractivity contribution in [2.75, 3.05) is 5.75 Å². The van der Waals surface area contributed by atoms with Crippen LogP contribution in [0.15, 0.2) is 24.3 Å². The summed E-state index contributed by atoms with van der Waals surface area (Å²) in [5, 5.41) is 17.4. The van der Waals surface area contributed by atoms with Crippen LogP contribution in [0.4, 0.5) is 0 Å². The Labute approximate surface area is 97.3 Å². The van der Waals surface area contributed by atoms with Crippen LogP contribution in [-0.2, 0) is 10.5 Å². The van der Waals surface area contributed by atoms with Gasteiger partial charge in [0.25, 0.3) is 0 Å². The van der Waals surface area contributed by atoms with E-state index in [2.05, 4.69) is 0 Å². The Morgan fingerprint density at radius 2 is 1.88 bits per heavy atom. The molecule has 0 atom stereocenters. The molecule has 0 radical (unpaired) electrons. The van der Waals surface area contributed by atoms with Gasteiger partial charge in [0.05, 0.1) is 12.0 Å². The second-order valence-corrected chi connectivity index (χ2v) is 4.26. The van der Waals surface area contributed by atoms with Gasteiger partial charge in [0, 0.05) is 11.5 Å². The zero-order valence-corrected chi connectivity index (χ0v) is 9.37. The molecule has 16 heavy (non-hydrogen) atoms. The van der Waals surface area contributed by atoms with E-state index in [4.69, 9.17) is 10.2 Å². The number of aliphatic carboxylic acids is 1. The second kappa shape index (κ2) is 6.17. The van der Waals surface area contributed by atoms with E-state index in [1.54, 1.807) is 24.3 Å². The highest BCUT2D eigenvalue weighted by Gasteiger charge is 2.08. The molecule has 0 heterocycles. The minimum atomic E-state index is -0.950.